The van der Waals surface area contributed by atoms with Gasteiger partial charge in [-0.1, -0.05) is 26.8 Å². The van der Waals surface area contributed by atoms with Gasteiger partial charge in [-0.15, -0.1) is 11.3 Å². The van der Waals surface area contributed by atoms with Crippen molar-refractivity contribution in [2.45, 2.75) is 59.3 Å². The molecule has 0 aliphatic carbocycles. The van der Waals surface area contributed by atoms with E-state index in [0.29, 0.717) is 12.2 Å². The molecule has 0 bridgehead atoms. The first kappa shape index (κ1) is 19.6. The molecule has 0 N–H and O–H groups in total. The summed E-state index contributed by atoms with van der Waals surface area (Å²) in [6.45, 7) is 8.47. The summed E-state index contributed by atoms with van der Waals surface area (Å²) < 4.78 is 1.34. The fourth-order valence-electron chi connectivity index (χ4n) is 2.92. The lowest BCUT2D eigenvalue weighted by molar-refractivity contribution is -0.118. The maximum absolute atomic E-state index is 10.4. The van der Waals surface area contributed by atoms with Crippen LogP contribution in [0.25, 0.3) is 16.3 Å². The summed E-state index contributed by atoms with van der Waals surface area (Å²) in [5, 5.41) is 0. The second-order valence-electron chi connectivity index (χ2n) is 6.34. The number of nitrogens with zero attached hydrogens (tertiary/aromatic N) is 2. The fraction of sp³-hybridized carbons (Fsp3) is 0.524. The largest absolute Gasteiger partial charge is 0.370 e. The number of pyridine rings is 1. The maximum Gasteiger partial charge on any atom is 0.132 e. The molecule has 4 heteroatoms. The lowest BCUT2D eigenvalue weighted by Crippen LogP contribution is -2.17. The van der Waals surface area contributed by atoms with Crippen LogP contribution in [0.5, 0.6) is 0 Å². The highest BCUT2D eigenvalue weighted by molar-refractivity contribution is 7.20. The number of fused-ring (bicyclic) bond motifs is 1. The van der Waals surface area contributed by atoms with Crippen LogP contribution in [0.15, 0.2) is 24.4 Å². The Labute approximate surface area is 155 Å². The van der Waals surface area contributed by atoms with Gasteiger partial charge in [0.05, 0.1) is 15.9 Å². The van der Waals surface area contributed by atoms with E-state index in [0.717, 1.165) is 24.8 Å². The molecule has 1 aliphatic rings. The number of hydrogen-bond acceptors (Lipinski definition) is 4. The minimum absolute atomic E-state index is 0.377. The third-order valence-corrected chi connectivity index (χ3v) is 5.41. The van der Waals surface area contributed by atoms with Crippen LogP contribution in [0.3, 0.4) is 0 Å². The van der Waals surface area contributed by atoms with E-state index in [1.54, 1.807) is 0 Å². The molecule has 0 unspecified atom stereocenters. The molecule has 0 amide bonds. The number of anilines is 1. The van der Waals surface area contributed by atoms with Crippen LogP contribution in [0.2, 0.25) is 0 Å². The summed E-state index contributed by atoms with van der Waals surface area (Å²) >= 11 is 1.86. The SMILES string of the molecule is CC/C=C/c1cc2nccc(N3CCCC3)c2s1.CCCC(=O)CC. The van der Waals surface area contributed by atoms with Crippen LogP contribution in [0, 0.1) is 0 Å². The van der Waals surface area contributed by atoms with Crippen LogP contribution in [-0.4, -0.2) is 23.9 Å². The van der Waals surface area contributed by atoms with Crippen molar-refractivity contribution in [1.82, 2.24) is 4.98 Å². The Morgan fingerprint density at radius 1 is 1.28 bits per heavy atom. The maximum atomic E-state index is 10.4. The highest BCUT2D eigenvalue weighted by atomic mass is 32.1. The van der Waals surface area contributed by atoms with Crippen LogP contribution >= 0.6 is 11.3 Å². The zero-order chi connectivity index (χ0) is 18.1. The number of rotatable bonds is 6. The fourth-order valence-corrected chi connectivity index (χ4v) is 4.01. The molecule has 25 heavy (non-hydrogen) atoms. The molecule has 0 spiro atoms. The second-order valence-corrected chi connectivity index (χ2v) is 7.42. The van der Waals surface area contributed by atoms with Gasteiger partial charge in [0, 0.05) is 37.0 Å². The standard InChI is InChI=1S/C15H18N2S.C6H12O/c1-2-3-6-12-11-13-15(18-12)14(7-8-16-13)17-9-4-5-10-17;1-3-5-6(7)4-2/h3,6-8,11H,2,4-5,9-10H2,1H3;3-5H2,1-2H3/b6-3+;. The summed E-state index contributed by atoms with van der Waals surface area (Å²) in [4.78, 5) is 18.7. The van der Waals surface area contributed by atoms with E-state index >= 15 is 0 Å². The van der Waals surface area contributed by atoms with Crippen molar-refractivity contribution in [1.29, 1.82) is 0 Å². The second kappa shape index (κ2) is 10.3. The first-order valence-corrected chi connectivity index (χ1v) is 10.3. The average molecular weight is 359 g/mol. The zero-order valence-corrected chi connectivity index (χ0v) is 16.6. The van der Waals surface area contributed by atoms with Crippen molar-refractivity contribution in [2.75, 3.05) is 18.0 Å². The smallest absolute Gasteiger partial charge is 0.132 e. The first-order chi connectivity index (χ1) is 12.2. The van der Waals surface area contributed by atoms with Crippen molar-refractivity contribution in [3.63, 3.8) is 0 Å². The van der Waals surface area contributed by atoms with Crippen molar-refractivity contribution in [2.24, 2.45) is 0 Å². The zero-order valence-electron chi connectivity index (χ0n) is 15.8. The minimum Gasteiger partial charge on any atom is -0.370 e. The number of aromatic nitrogens is 1. The predicted octanol–water partition coefficient (Wildman–Crippen LogP) is 6.09. The van der Waals surface area contributed by atoms with Crippen molar-refractivity contribution < 1.29 is 4.79 Å². The Hall–Kier alpha value is -1.68. The molecule has 0 radical (unpaired) electrons. The molecule has 3 rings (SSSR count). The third-order valence-electron chi connectivity index (χ3n) is 4.30. The molecule has 1 aliphatic heterocycles. The number of hydrogen-bond donors (Lipinski definition) is 0. The molecular weight excluding hydrogens is 328 g/mol. The van der Waals surface area contributed by atoms with Crippen LogP contribution in [0.1, 0.15) is 64.2 Å². The molecule has 3 nitrogen and oxygen atoms in total. The van der Waals surface area contributed by atoms with Crippen molar-refractivity contribution in [3.05, 3.63) is 29.3 Å². The van der Waals surface area contributed by atoms with E-state index in [9.17, 15) is 4.79 Å². The molecule has 3 heterocycles. The number of ketones is 1. The van der Waals surface area contributed by atoms with E-state index in [2.05, 4.69) is 41.1 Å². The van der Waals surface area contributed by atoms with Crippen LogP contribution in [0.4, 0.5) is 5.69 Å². The Bertz CT molecular complexity index is 699. The quantitative estimate of drug-likeness (QED) is 0.627. The van der Waals surface area contributed by atoms with Gasteiger partial charge in [0.25, 0.3) is 0 Å². The lowest BCUT2D eigenvalue weighted by Gasteiger charge is -2.17. The number of thiophene rings is 1. The molecular formula is C21H30N2OS. The normalized spacial score (nSPS) is 14.1. The van der Waals surface area contributed by atoms with E-state index in [1.807, 2.05) is 31.4 Å². The van der Waals surface area contributed by atoms with Gasteiger partial charge >= 0.3 is 0 Å². The van der Waals surface area contributed by atoms with Crippen LogP contribution < -0.4 is 4.90 Å². The highest BCUT2D eigenvalue weighted by Crippen LogP contribution is 2.34. The molecule has 0 aromatic carbocycles. The highest BCUT2D eigenvalue weighted by Gasteiger charge is 2.16. The average Bonchev–Trinajstić information content (AvgIpc) is 3.29. The van der Waals surface area contributed by atoms with Gasteiger partial charge in [-0.2, -0.15) is 0 Å². The predicted molar refractivity (Wildman–Crippen MR) is 111 cm³/mol. The molecule has 0 saturated carbocycles. The topological polar surface area (TPSA) is 33.2 Å². The molecule has 2 aromatic heterocycles. The number of carbonyl (C=O) groups is 1. The van der Waals surface area contributed by atoms with Gasteiger partial charge in [-0.25, -0.2) is 0 Å². The van der Waals surface area contributed by atoms with Gasteiger partial charge in [0.1, 0.15) is 5.78 Å². The summed E-state index contributed by atoms with van der Waals surface area (Å²) in [5.41, 5.74) is 2.51. The Kier molecular flexibility index (Phi) is 8.13. The summed E-state index contributed by atoms with van der Waals surface area (Å²) in [7, 11) is 0. The van der Waals surface area contributed by atoms with Gasteiger partial charge in [-0.3, -0.25) is 9.78 Å². The van der Waals surface area contributed by atoms with Crippen molar-refractivity contribution >= 4 is 39.1 Å². The molecule has 136 valence electrons. The summed E-state index contributed by atoms with van der Waals surface area (Å²) in [6, 6.07) is 4.36. The number of carbonyl (C=O) groups excluding carboxylic acids is 1. The molecule has 0 atom stereocenters. The Morgan fingerprint density at radius 2 is 2.04 bits per heavy atom. The Morgan fingerprint density at radius 3 is 2.64 bits per heavy atom. The van der Waals surface area contributed by atoms with E-state index in [1.165, 1.54) is 41.2 Å². The number of Topliss-reactive ketones (excluding diaryl/α,β-unsaturated/α-hetero) is 1. The minimum atomic E-state index is 0.377. The first-order valence-electron chi connectivity index (χ1n) is 9.51. The van der Waals surface area contributed by atoms with E-state index in [-0.39, 0.29) is 0 Å². The molecule has 1 fully saturated rings. The lowest BCUT2D eigenvalue weighted by atomic mass is 10.2. The molecule has 2 aromatic rings. The van der Waals surface area contributed by atoms with E-state index in [4.69, 9.17) is 0 Å². The number of allylic oxidation sites excluding steroid dienone is 1. The van der Waals surface area contributed by atoms with Crippen molar-refractivity contribution in [3.8, 4) is 0 Å². The van der Waals surface area contributed by atoms with Gasteiger partial charge in [-0.05, 0) is 43.9 Å². The van der Waals surface area contributed by atoms with Gasteiger partial charge < -0.3 is 4.90 Å². The summed E-state index contributed by atoms with van der Waals surface area (Å²) in [6.07, 6.45) is 12.5. The summed E-state index contributed by atoms with van der Waals surface area (Å²) in [5.74, 6) is 0.377. The van der Waals surface area contributed by atoms with Gasteiger partial charge in [0.2, 0.25) is 0 Å². The van der Waals surface area contributed by atoms with Crippen LogP contribution in [-0.2, 0) is 4.79 Å². The Balaban J connectivity index is 0.000000277. The van der Waals surface area contributed by atoms with Gasteiger partial charge in [0.15, 0.2) is 0 Å². The third kappa shape index (κ3) is 5.67. The molecule has 1 saturated heterocycles. The van der Waals surface area contributed by atoms with E-state index < -0.39 is 0 Å². The monoisotopic (exact) mass is 358 g/mol.